The van der Waals surface area contributed by atoms with Crippen LogP contribution in [0.3, 0.4) is 0 Å². The van der Waals surface area contributed by atoms with Crippen LogP contribution in [0.4, 0.5) is 0 Å². The lowest BCUT2D eigenvalue weighted by molar-refractivity contribution is 0.0874. The molecule has 2 aromatic carbocycles. The highest BCUT2D eigenvalue weighted by Crippen LogP contribution is 2.33. The van der Waals surface area contributed by atoms with Crippen molar-refractivity contribution in [1.29, 1.82) is 5.41 Å². The average molecular weight is 410 g/mol. The maximum Gasteiger partial charge on any atom is 0.269 e. The Labute approximate surface area is 170 Å². The van der Waals surface area contributed by atoms with Crippen molar-refractivity contribution in [3.63, 3.8) is 0 Å². The van der Waals surface area contributed by atoms with Gasteiger partial charge in [0.1, 0.15) is 10.8 Å². The number of rotatable bonds is 5. The van der Waals surface area contributed by atoms with Gasteiger partial charge in [0.2, 0.25) is 0 Å². The quantitative estimate of drug-likeness (QED) is 0.596. The second-order valence-electron chi connectivity index (χ2n) is 6.25. The molecule has 8 nitrogen and oxygen atoms in total. The number of amidine groups is 1. The molecule has 0 saturated carbocycles. The summed E-state index contributed by atoms with van der Waals surface area (Å²) in [6.45, 7) is -0.0108. The summed E-state index contributed by atoms with van der Waals surface area (Å²) in [5.41, 5.74) is 4.10. The molecule has 1 aliphatic rings. The Balaban J connectivity index is 1.54. The van der Waals surface area contributed by atoms with Crippen LogP contribution in [-0.4, -0.2) is 47.6 Å². The highest BCUT2D eigenvalue weighted by atomic mass is 32.1. The molecule has 0 bridgehead atoms. The molecule has 3 aromatic rings. The molecule has 0 unspecified atom stereocenters. The molecule has 1 aliphatic heterocycles. The zero-order valence-electron chi connectivity index (χ0n) is 15.7. The topological polar surface area (TPSA) is 108 Å². The van der Waals surface area contributed by atoms with E-state index >= 15 is 0 Å². The smallest absolute Gasteiger partial charge is 0.269 e. The second-order valence-corrected chi connectivity index (χ2v) is 7.28. The van der Waals surface area contributed by atoms with E-state index in [9.17, 15) is 9.90 Å². The van der Waals surface area contributed by atoms with Crippen LogP contribution in [0, 0.1) is 5.41 Å². The number of aromatic nitrogens is 1. The van der Waals surface area contributed by atoms with Crippen molar-refractivity contribution >= 4 is 38.9 Å². The number of methoxy groups -OCH3 is 2. The molecule has 148 valence electrons. The molecule has 0 saturated heterocycles. The van der Waals surface area contributed by atoms with Crippen molar-refractivity contribution in [2.45, 2.75) is 0 Å². The summed E-state index contributed by atoms with van der Waals surface area (Å²) >= 11 is 1.39. The Morgan fingerprint density at radius 1 is 1.21 bits per heavy atom. The predicted molar refractivity (Wildman–Crippen MR) is 111 cm³/mol. The summed E-state index contributed by atoms with van der Waals surface area (Å²) in [5, 5.41) is 20.7. The number of ether oxygens (including phenoxy) is 2. The fourth-order valence-electron chi connectivity index (χ4n) is 3.04. The van der Waals surface area contributed by atoms with Crippen molar-refractivity contribution in [3.05, 3.63) is 58.8 Å². The fraction of sp³-hybridized carbons (Fsp3) is 0.150. The molecule has 0 fully saturated rings. The number of para-hydroxylation sites is 1. The zero-order chi connectivity index (χ0) is 20.5. The first-order chi connectivity index (χ1) is 14.0. The Bertz CT molecular complexity index is 1120. The molecule has 29 heavy (non-hydrogen) atoms. The van der Waals surface area contributed by atoms with E-state index in [0.717, 1.165) is 10.2 Å². The van der Waals surface area contributed by atoms with E-state index in [2.05, 4.69) is 10.4 Å². The van der Waals surface area contributed by atoms with Crippen molar-refractivity contribution in [2.24, 2.45) is 0 Å². The Kier molecular flexibility index (Phi) is 4.81. The summed E-state index contributed by atoms with van der Waals surface area (Å²) in [6, 6.07) is 12.4. The van der Waals surface area contributed by atoms with Gasteiger partial charge in [0, 0.05) is 5.56 Å². The lowest BCUT2D eigenvalue weighted by Gasteiger charge is -2.19. The molecule has 0 radical (unpaired) electrons. The maximum atomic E-state index is 12.6. The number of aliphatic hydroxyl groups excluding tert-OH is 1. The number of thiazole rings is 1. The largest absolute Gasteiger partial charge is 0.509 e. The van der Waals surface area contributed by atoms with Gasteiger partial charge in [-0.1, -0.05) is 12.1 Å². The van der Waals surface area contributed by atoms with E-state index < -0.39 is 5.91 Å². The number of hydrogen-bond donors (Lipinski definition) is 3. The van der Waals surface area contributed by atoms with Gasteiger partial charge >= 0.3 is 0 Å². The number of aliphatic hydroxyl groups is 1. The second kappa shape index (κ2) is 7.44. The van der Waals surface area contributed by atoms with Crippen LogP contribution in [0.1, 0.15) is 15.4 Å². The van der Waals surface area contributed by atoms with E-state index in [1.54, 1.807) is 18.2 Å². The molecule has 0 aliphatic carbocycles. The molecule has 2 heterocycles. The Hall–Kier alpha value is -3.59. The van der Waals surface area contributed by atoms with E-state index in [1.807, 2.05) is 24.3 Å². The summed E-state index contributed by atoms with van der Waals surface area (Å²) in [4.78, 5) is 17.1. The molecular formula is C20H18N4O4S. The minimum atomic E-state index is -0.436. The fourth-order valence-corrected chi connectivity index (χ4v) is 4.08. The van der Waals surface area contributed by atoms with Gasteiger partial charge in [-0.3, -0.25) is 20.6 Å². The maximum absolute atomic E-state index is 12.6. The summed E-state index contributed by atoms with van der Waals surface area (Å²) in [7, 11) is 3.00. The summed E-state index contributed by atoms with van der Waals surface area (Å²) < 4.78 is 11.4. The number of carbonyl (C=O) groups excluding carboxylic acids is 1. The summed E-state index contributed by atoms with van der Waals surface area (Å²) in [5.74, 6) is 0.467. The molecular weight excluding hydrogens is 392 g/mol. The predicted octanol–water partition coefficient (Wildman–Crippen LogP) is 3.22. The highest BCUT2D eigenvalue weighted by molar-refractivity contribution is 7.19. The van der Waals surface area contributed by atoms with Crippen molar-refractivity contribution in [2.75, 3.05) is 20.8 Å². The van der Waals surface area contributed by atoms with Gasteiger partial charge in [0.15, 0.2) is 17.3 Å². The van der Waals surface area contributed by atoms with Gasteiger partial charge in [-0.25, -0.2) is 4.98 Å². The average Bonchev–Trinajstić information content (AvgIpc) is 3.27. The Morgan fingerprint density at radius 2 is 1.97 bits per heavy atom. The molecule has 0 atom stereocenters. The van der Waals surface area contributed by atoms with E-state index in [0.29, 0.717) is 27.6 Å². The van der Waals surface area contributed by atoms with E-state index in [4.69, 9.17) is 14.9 Å². The number of amides is 1. The zero-order valence-corrected chi connectivity index (χ0v) is 16.5. The van der Waals surface area contributed by atoms with Crippen LogP contribution in [0.2, 0.25) is 0 Å². The number of hydrogen-bond acceptors (Lipinski definition) is 7. The molecule has 9 heteroatoms. The van der Waals surface area contributed by atoms with Crippen molar-refractivity contribution in [3.8, 4) is 11.5 Å². The molecule has 1 aromatic heterocycles. The van der Waals surface area contributed by atoms with Gasteiger partial charge in [-0.2, -0.15) is 0 Å². The van der Waals surface area contributed by atoms with Gasteiger partial charge in [0.05, 0.1) is 36.6 Å². The summed E-state index contributed by atoms with van der Waals surface area (Å²) in [6.07, 6.45) is 0. The van der Waals surface area contributed by atoms with Crippen LogP contribution in [0.25, 0.3) is 15.8 Å². The SMILES string of the molecule is COc1ccc(C(=O)NN2CC(O)=C(c3nc4ccccc4s3)C2=N)cc1OC. The first-order valence-corrected chi connectivity index (χ1v) is 9.51. The van der Waals surface area contributed by atoms with Crippen molar-refractivity contribution in [1.82, 2.24) is 15.4 Å². The number of hydrazine groups is 1. The highest BCUT2D eigenvalue weighted by Gasteiger charge is 2.32. The van der Waals surface area contributed by atoms with Crippen LogP contribution in [0.5, 0.6) is 11.5 Å². The Morgan fingerprint density at radius 3 is 2.69 bits per heavy atom. The van der Waals surface area contributed by atoms with Crippen LogP contribution < -0.4 is 14.9 Å². The van der Waals surface area contributed by atoms with Gasteiger partial charge in [-0.15, -0.1) is 11.3 Å². The lowest BCUT2D eigenvalue weighted by Crippen LogP contribution is -2.43. The normalized spacial score (nSPS) is 13.9. The third kappa shape index (κ3) is 3.36. The van der Waals surface area contributed by atoms with E-state index in [1.165, 1.54) is 30.6 Å². The number of carbonyl (C=O) groups is 1. The van der Waals surface area contributed by atoms with Gasteiger partial charge in [-0.05, 0) is 30.3 Å². The molecule has 1 amide bonds. The third-order valence-corrected chi connectivity index (χ3v) is 5.55. The lowest BCUT2D eigenvalue weighted by atomic mass is 10.2. The molecule has 4 rings (SSSR count). The van der Waals surface area contributed by atoms with Gasteiger partial charge in [0.25, 0.3) is 5.91 Å². The van der Waals surface area contributed by atoms with Crippen molar-refractivity contribution < 1.29 is 19.4 Å². The number of nitrogens with zero attached hydrogens (tertiary/aromatic N) is 2. The third-order valence-electron chi connectivity index (χ3n) is 4.49. The first-order valence-electron chi connectivity index (χ1n) is 8.69. The molecule has 3 N–H and O–H groups in total. The minimum Gasteiger partial charge on any atom is -0.509 e. The van der Waals surface area contributed by atoms with Crippen LogP contribution in [-0.2, 0) is 0 Å². The van der Waals surface area contributed by atoms with Gasteiger partial charge < -0.3 is 14.6 Å². The van der Waals surface area contributed by atoms with Crippen LogP contribution in [0.15, 0.2) is 48.2 Å². The standard InChI is InChI=1S/C20H18N4O4S/c1-27-14-8-7-11(9-15(14)28-2)19(26)23-24-10-13(25)17(18(24)21)20-22-12-5-3-4-6-16(12)29-20/h3-9,21,25H,10H2,1-2H3,(H,23,26). The van der Waals surface area contributed by atoms with Crippen LogP contribution >= 0.6 is 11.3 Å². The van der Waals surface area contributed by atoms with E-state index in [-0.39, 0.29) is 18.1 Å². The number of fused-ring (bicyclic) bond motifs is 1. The minimum absolute atomic E-state index is 0.0108. The number of benzene rings is 2. The monoisotopic (exact) mass is 410 g/mol. The number of nitrogens with one attached hydrogen (secondary N) is 2. The first kappa shape index (κ1) is 18.8. The molecule has 0 spiro atoms.